The van der Waals surface area contributed by atoms with E-state index >= 15 is 0 Å². The Bertz CT molecular complexity index is 351. The number of ether oxygens (including phenoxy) is 1. The van der Waals surface area contributed by atoms with Crippen LogP contribution in [0.5, 0.6) is 5.75 Å². The van der Waals surface area contributed by atoms with E-state index in [0.29, 0.717) is 15.9 Å². The van der Waals surface area contributed by atoms with Gasteiger partial charge in [0.1, 0.15) is 5.75 Å². The van der Waals surface area contributed by atoms with Gasteiger partial charge < -0.3 is 9.84 Å². The lowest BCUT2D eigenvalue weighted by Gasteiger charge is -2.06. The summed E-state index contributed by atoms with van der Waals surface area (Å²) >= 11 is 3.24. The molecule has 0 radical (unpaired) electrons. The van der Waals surface area contributed by atoms with Crippen LogP contribution in [0.15, 0.2) is 10.5 Å². The van der Waals surface area contributed by atoms with Gasteiger partial charge in [-0.1, -0.05) is 0 Å². The predicted molar refractivity (Wildman–Crippen MR) is 50.2 cm³/mol. The first kappa shape index (κ1) is 9.98. The van der Waals surface area contributed by atoms with Crippen molar-refractivity contribution in [2.24, 2.45) is 0 Å². The summed E-state index contributed by atoms with van der Waals surface area (Å²) < 4.78 is 5.65. The fourth-order valence-corrected chi connectivity index (χ4v) is 1.25. The maximum absolute atomic E-state index is 10.6. The van der Waals surface area contributed by atoms with Crippen molar-refractivity contribution >= 4 is 21.9 Å². The fraction of sp³-hybridized carbons (Fsp3) is 0.250. The Morgan fingerprint density at radius 3 is 2.77 bits per heavy atom. The van der Waals surface area contributed by atoms with E-state index in [1.54, 1.807) is 6.92 Å². The minimum absolute atomic E-state index is 0.0162. The molecule has 1 N–H and O–H groups in total. The van der Waals surface area contributed by atoms with Crippen LogP contribution in [-0.4, -0.2) is 23.2 Å². The molecule has 0 saturated heterocycles. The summed E-state index contributed by atoms with van der Waals surface area (Å²) in [7, 11) is 1.48. The van der Waals surface area contributed by atoms with E-state index in [-0.39, 0.29) is 5.69 Å². The number of methoxy groups -OCH3 is 1. The van der Waals surface area contributed by atoms with Gasteiger partial charge in [0.2, 0.25) is 0 Å². The van der Waals surface area contributed by atoms with Gasteiger partial charge in [0.25, 0.3) is 0 Å². The zero-order valence-electron chi connectivity index (χ0n) is 7.17. The largest absolute Gasteiger partial charge is 0.495 e. The molecule has 0 amide bonds. The highest BCUT2D eigenvalue weighted by molar-refractivity contribution is 9.10. The highest BCUT2D eigenvalue weighted by atomic mass is 79.9. The summed E-state index contributed by atoms with van der Waals surface area (Å²) in [6, 6.07) is 1.37. The van der Waals surface area contributed by atoms with Crippen molar-refractivity contribution in [3.8, 4) is 5.75 Å². The lowest BCUT2D eigenvalue weighted by Crippen LogP contribution is -2.03. The highest BCUT2D eigenvalue weighted by Crippen LogP contribution is 2.27. The third kappa shape index (κ3) is 1.98. The SMILES string of the molecule is COc1cc(C(=O)O)nc(C)c1Br. The van der Waals surface area contributed by atoms with Crippen LogP contribution in [0.1, 0.15) is 16.2 Å². The van der Waals surface area contributed by atoms with Gasteiger partial charge in [0.15, 0.2) is 5.69 Å². The molecule has 0 atom stereocenters. The van der Waals surface area contributed by atoms with E-state index in [0.717, 1.165) is 0 Å². The molecule has 0 fully saturated rings. The number of pyridine rings is 1. The number of carboxylic acids is 1. The Balaban J connectivity index is 3.30. The summed E-state index contributed by atoms with van der Waals surface area (Å²) in [4.78, 5) is 14.5. The highest BCUT2D eigenvalue weighted by Gasteiger charge is 2.11. The minimum Gasteiger partial charge on any atom is -0.495 e. The molecule has 0 unspecified atom stereocenters. The zero-order valence-corrected chi connectivity index (χ0v) is 8.75. The molecule has 1 aromatic heterocycles. The number of hydrogen-bond acceptors (Lipinski definition) is 3. The van der Waals surface area contributed by atoms with Crippen molar-refractivity contribution in [2.75, 3.05) is 7.11 Å². The maximum atomic E-state index is 10.6. The van der Waals surface area contributed by atoms with Crippen LogP contribution in [0.3, 0.4) is 0 Å². The van der Waals surface area contributed by atoms with Gasteiger partial charge in [0.05, 0.1) is 17.3 Å². The molecule has 4 nitrogen and oxygen atoms in total. The van der Waals surface area contributed by atoms with Crippen LogP contribution in [-0.2, 0) is 0 Å². The molecule has 1 heterocycles. The summed E-state index contributed by atoms with van der Waals surface area (Å²) in [5.74, 6) is -0.584. The van der Waals surface area contributed by atoms with Gasteiger partial charge >= 0.3 is 5.97 Å². The number of rotatable bonds is 2. The van der Waals surface area contributed by atoms with Gasteiger partial charge in [-0.25, -0.2) is 9.78 Å². The normalized spacial score (nSPS) is 9.77. The van der Waals surface area contributed by atoms with Crippen molar-refractivity contribution < 1.29 is 14.6 Å². The van der Waals surface area contributed by atoms with Crippen molar-refractivity contribution in [3.63, 3.8) is 0 Å². The number of carbonyl (C=O) groups is 1. The van der Waals surface area contributed by atoms with Crippen LogP contribution < -0.4 is 4.74 Å². The molecule has 13 heavy (non-hydrogen) atoms. The summed E-state index contributed by atoms with van der Waals surface area (Å²) in [5.41, 5.74) is 0.578. The first-order chi connectivity index (χ1) is 6.06. The third-order valence-electron chi connectivity index (χ3n) is 1.53. The van der Waals surface area contributed by atoms with Gasteiger partial charge in [-0.15, -0.1) is 0 Å². The Kier molecular flexibility index (Phi) is 2.87. The number of aryl methyl sites for hydroxylation is 1. The minimum atomic E-state index is -1.06. The maximum Gasteiger partial charge on any atom is 0.354 e. The van der Waals surface area contributed by atoms with Crippen molar-refractivity contribution in [1.82, 2.24) is 4.98 Å². The van der Waals surface area contributed by atoms with Crippen molar-refractivity contribution in [2.45, 2.75) is 6.92 Å². The standard InChI is InChI=1S/C8H8BrNO3/c1-4-7(9)6(13-2)3-5(10-4)8(11)12/h3H,1-2H3,(H,11,12). The van der Waals surface area contributed by atoms with E-state index in [4.69, 9.17) is 9.84 Å². The molecule has 0 aliphatic rings. The summed E-state index contributed by atoms with van der Waals surface area (Å²) in [6.45, 7) is 1.71. The van der Waals surface area contributed by atoms with Gasteiger partial charge in [-0.3, -0.25) is 0 Å². The fourth-order valence-electron chi connectivity index (χ4n) is 0.886. The average Bonchev–Trinajstić information content (AvgIpc) is 2.09. The second kappa shape index (κ2) is 3.74. The van der Waals surface area contributed by atoms with Crippen molar-refractivity contribution in [3.05, 3.63) is 21.9 Å². The van der Waals surface area contributed by atoms with Crippen molar-refractivity contribution in [1.29, 1.82) is 0 Å². The number of carboxylic acid groups (broad SMARTS) is 1. The molecule has 70 valence electrons. The Hall–Kier alpha value is -1.10. The second-order valence-electron chi connectivity index (χ2n) is 2.41. The Morgan fingerprint density at radius 2 is 2.31 bits per heavy atom. The predicted octanol–water partition coefficient (Wildman–Crippen LogP) is 1.86. The first-order valence-corrected chi connectivity index (χ1v) is 4.30. The molecule has 0 saturated carbocycles. The first-order valence-electron chi connectivity index (χ1n) is 3.50. The number of nitrogens with zero attached hydrogens (tertiary/aromatic N) is 1. The number of aromatic carboxylic acids is 1. The van der Waals surface area contributed by atoms with Gasteiger partial charge in [-0.2, -0.15) is 0 Å². The number of halogens is 1. The number of aromatic nitrogens is 1. The summed E-state index contributed by atoms with van der Waals surface area (Å²) in [5, 5.41) is 8.69. The van der Waals surface area contributed by atoms with E-state index < -0.39 is 5.97 Å². The molecule has 0 spiro atoms. The monoisotopic (exact) mass is 245 g/mol. The molecular weight excluding hydrogens is 238 g/mol. The smallest absolute Gasteiger partial charge is 0.354 e. The van der Waals surface area contributed by atoms with E-state index in [1.807, 2.05) is 0 Å². The molecule has 1 aromatic rings. The Morgan fingerprint density at radius 1 is 1.69 bits per heavy atom. The molecule has 5 heteroatoms. The topological polar surface area (TPSA) is 59.4 Å². The lowest BCUT2D eigenvalue weighted by atomic mass is 10.3. The molecule has 0 aliphatic carbocycles. The molecule has 0 bridgehead atoms. The Labute approximate surface area is 83.7 Å². The lowest BCUT2D eigenvalue weighted by molar-refractivity contribution is 0.0689. The molecule has 0 aromatic carbocycles. The zero-order chi connectivity index (χ0) is 10.0. The third-order valence-corrected chi connectivity index (χ3v) is 2.49. The second-order valence-corrected chi connectivity index (χ2v) is 3.21. The quantitative estimate of drug-likeness (QED) is 0.865. The average molecular weight is 246 g/mol. The molecular formula is C8H8BrNO3. The van der Waals surface area contributed by atoms with Gasteiger partial charge in [0, 0.05) is 6.07 Å². The van der Waals surface area contributed by atoms with E-state index in [1.165, 1.54) is 13.2 Å². The molecule has 1 rings (SSSR count). The van der Waals surface area contributed by atoms with E-state index in [9.17, 15) is 4.79 Å². The van der Waals surface area contributed by atoms with Crippen LogP contribution >= 0.6 is 15.9 Å². The van der Waals surface area contributed by atoms with E-state index in [2.05, 4.69) is 20.9 Å². The summed E-state index contributed by atoms with van der Waals surface area (Å²) in [6.07, 6.45) is 0. The van der Waals surface area contributed by atoms with Crippen LogP contribution in [0, 0.1) is 6.92 Å². The van der Waals surface area contributed by atoms with Crippen LogP contribution in [0.2, 0.25) is 0 Å². The molecule has 0 aliphatic heterocycles. The van der Waals surface area contributed by atoms with Crippen LogP contribution in [0.25, 0.3) is 0 Å². The van der Waals surface area contributed by atoms with Crippen LogP contribution in [0.4, 0.5) is 0 Å². The number of hydrogen-bond donors (Lipinski definition) is 1. The van der Waals surface area contributed by atoms with Gasteiger partial charge in [-0.05, 0) is 22.9 Å².